The van der Waals surface area contributed by atoms with E-state index >= 15 is 0 Å². The normalized spacial score (nSPS) is 15.3. The number of carbonyl (C=O) groups is 2. The maximum atomic E-state index is 13.1. The van der Waals surface area contributed by atoms with E-state index in [-0.39, 0.29) is 17.9 Å². The number of rotatable bonds is 7. The molecule has 0 heterocycles. The molecule has 0 spiro atoms. The summed E-state index contributed by atoms with van der Waals surface area (Å²) >= 11 is 0. The van der Waals surface area contributed by atoms with Crippen molar-refractivity contribution in [3.05, 3.63) is 59.7 Å². The van der Waals surface area contributed by atoms with E-state index in [4.69, 9.17) is 4.74 Å². The largest absolute Gasteiger partial charge is 0.481 e. The maximum Gasteiger partial charge on any atom is 0.265 e. The molecule has 1 N–H and O–H groups in total. The summed E-state index contributed by atoms with van der Waals surface area (Å²) in [5, 5.41) is 2.88. The monoisotopic (exact) mass is 408 g/mol. The van der Waals surface area contributed by atoms with Crippen molar-refractivity contribution in [2.75, 3.05) is 12.4 Å². The van der Waals surface area contributed by atoms with E-state index in [1.807, 2.05) is 48.3 Å². The number of benzene rings is 2. The number of hydrogen-bond donors (Lipinski definition) is 1. The van der Waals surface area contributed by atoms with Crippen molar-refractivity contribution in [2.24, 2.45) is 0 Å². The minimum atomic E-state index is -0.684. The lowest BCUT2D eigenvalue weighted by molar-refractivity contribution is -0.122. The molecule has 0 aliphatic heterocycles. The van der Waals surface area contributed by atoms with Crippen LogP contribution in [0.3, 0.4) is 0 Å². The van der Waals surface area contributed by atoms with E-state index in [1.54, 1.807) is 19.1 Å². The Bertz CT molecular complexity index is 857. The van der Waals surface area contributed by atoms with Crippen LogP contribution in [0.1, 0.15) is 61.9 Å². The Hall–Kier alpha value is -2.82. The molecule has 2 aromatic carbocycles. The van der Waals surface area contributed by atoms with Gasteiger partial charge in [0.2, 0.25) is 0 Å². The van der Waals surface area contributed by atoms with Gasteiger partial charge in [0.05, 0.1) is 11.3 Å². The van der Waals surface area contributed by atoms with Gasteiger partial charge in [-0.15, -0.1) is 0 Å². The van der Waals surface area contributed by atoms with Gasteiger partial charge in [-0.3, -0.25) is 9.59 Å². The predicted molar refractivity (Wildman–Crippen MR) is 120 cm³/mol. The molecular formula is C25H32N2O3. The van der Waals surface area contributed by atoms with Gasteiger partial charge in [-0.25, -0.2) is 0 Å². The molecule has 1 fully saturated rings. The van der Waals surface area contributed by atoms with E-state index in [2.05, 4.69) is 12.2 Å². The Morgan fingerprint density at radius 3 is 2.40 bits per heavy atom. The second-order valence-electron chi connectivity index (χ2n) is 8.00. The Morgan fingerprint density at radius 1 is 1.07 bits per heavy atom. The zero-order chi connectivity index (χ0) is 21.5. The Labute approximate surface area is 179 Å². The molecule has 0 saturated heterocycles. The summed E-state index contributed by atoms with van der Waals surface area (Å²) in [6.07, 6.45) is 5.91. The summed E-state index contributed by atoms with van der Waals surface area (Å²) in [4.78, 5) is 27.7. The van der Waals surface area contributed by atoms with Gasteiger partial charge in [0.25, 0.3) is 11.8 Å². The van der Waals surface area contributed by atoms with E-state index in [9.17, 15) is 9.59 Å². The van der Waals surface area contributed by atoms with E-state index < -0.39 is 6.10 Å². The van der Waals surface area contributed by atoms with Gasteiger partial charge in [0, 0.05) is 13.1 Å². The lowest BCUT2D eigenvalue weighted by atomic mass is 9.94. The molecule has 1 aliphatic rings. The molecule has 2 amide bonds. The third-order valence-electron chi connectivity index (χ3n) is 5.87. The summed E-state index contributed by atoms with van der Waals surface area (Å²) in [5.41, 5.74) is 2.25. The van der Waals surface area contributed by atoms with E-state index in [0.29, 0.717) is 17.0 Å². The molecule has 0 aromatic heterocycles. The number of para-hydroxylation sites is 1. The standard InChI is InChI=1S/C25H32N2O3/c1-4-19-14-16-21(17-15-19)30-18(2)24(28)26-23-13-9-8-12-22(23)25(29)27(3)20-10-6-5-7-11-20/h8-9,12-18,20H,4-7,10-11H2,1-3H3,(H,26,28)/t18-/m1/s1. The highest BCUT2D eigenvalue weighted by atomic mass is 16.5. The second kappa shape index (κ2) is 10.3. The van der Waals surface area contributed by atoms with Crippen molar-refractivity contribution >= 4 is 17.5 Å². The molecule has 0 unspecified atom stereocenters. The molecule has 0 bridgehead atoms. The number of ether oxygens (including phenoxy) is 1. The molecule has 1 aliphatic carbocycles. The first-order chi connectivity index (χ1) is 14.5. The summed E-state index contributed by atoms with van der Waals surface area (Å²) in [7, 11) is 1.86. The minimum Gasteiger partial charge on any atom is -0.481 e. The quantitative estimate of drug-likeness (QED) is 0.697. The fourth-order valence-electron chi connectivity index (χ4n) is 3.90. The molecule has 1 atom stereocenters. The number of nitrogens with zero attached hydrogens (tertiary/aromatic N) is 1. The van der Waals surface area contributed by atoms with Gasteiger partial charge in [0.1, 0.15) is 5.75 Å². The maximum absolute atomic E-state index is 13.1. The van der Waals surface area contributed by atoms with Gasteiger partial charge in [0.15, 0.2) is 6.10 Å². The van der Waals surface area contributed by atoms with Crippen LogP contribution in [0.2, 0.25) is 0 Å². The van der Waals surface area contributed by atoms with E-state index in [1.165, 1.54) is 12.0 Å². The Kier molecular flexibility index (Phi) is 7.50. The highest BCUT2D eigenvalue weighted by molar-refractivity contribution is 6.04. The first-order valence-electron chi connectivity index (χ1n) is 10.9. The second-order valence-corrected chi connectivity index (χ2v) is 8.00. The highest BCUT2D eigenvalue weighted by Crippen LogP contribution is 2.25. The predicted octanol–water partition coefficient (Wildman–Crippen LogP) is 5.06. The van der Waals surface area contributed by atoms with Crippen LogP contribution in [-0.2, 0) is 11.2 Å². The number of aryl methyl sites for hydroxylation is 1. The fraction of sp³-hybridized carbons (Fsp3) is 0.440. The van der Waals surface area contributed by atoms with Crippen LogP contribution >= 0.6 is 0 Å². The zero-order valence-electron chi connectivity index (χ0n) is 18.2. The molecule has 3 rings (SSSR count). The lowest BCUT2D eigenvalue weighted by Crippen LogP contribution is -2.39. The van der Waals surface area contributed by atoms with Gasteiger partial charge >= 0.3 is 0 Å². The topological polar surface area (TPSA) is 58.6 Å². The molecule has 0 radical (unpaired) electrons. The molecule has 5 nitrogen and oxygen atoms in total. The number of nitrogens with one attached hydrogen (secondary N) is 1. The van der Waals surface area contributed by atoms with Crippen LogP contribution in [0.15, 0.2) is 48.5 Å². The first kappa shape index (κ1) is 21.9. The third kappa shape index (κ3) is 5.41. The van der Waals surface area contributed by atoms with Crippen molar-refractivity contribution in [3.8, 4) is 5.75 Å². The number of amides is 2. The highest BCUT2D eigenvalue weighted by Gasteiger charge is 2.25. The number of carbonyl (C=O) groups excluding carboxylic acids is 2. The van der Waals surface area contributed by atoms with Gasteiger partial charge in [-0.05, 0) is 56.0 Å². The molecule has 1 saturated carbocycles. The van der Waals surface area contributed by atoms with Gasteiger partial charge < -0.3 is 15.0 Å². The number of anilines is 1. The summed E-state index contributed by atoms with van der Waals surface area (Å²) < 4.78 is 5.78. The van der Waals surface area contributed by atoms with Crippen molar-refractivity contribution < 1.29 is 14.3 Å². The van der Waals surface area contributed by atoms with Crippen LogP contribution < -0.4 is 10.1 Å². The zero-order valence-corrected chi connectivity index (χ0v) is 18.2. The molecule has 160 valence electrons. The van der Waals surface area contributed by atoms with Crippen molar-refractivity contribution in [1.29, 1.82) is 0 Å². The average molecular weight is 409 g/mol. The van der Waals surface area contributed by atoms with Crippen LogP contribution in [-0.4, -0.2) is 35.9 Å². The Balaban J connectivity index is 1.66. The lowest BCUT2D eigenvalue weighted by Gasteiger charge is -2.31. The summed E-state index contributed by atoms with van der Waals surface area (Å²) in [6, 6.07) is 15.2. The van der Waals surface area contributed by atoms with Crippen molar-refractivity contribution in [2.45, 2.75) is 64.5 Å². The SMILES string of the molecule is CCc1ccc(O[C@H](C)C(=O)Nc2ccccc2C(=O)N(C)C2CCCCC2)cc1. The van der Waals surface area contributed by atoms with Crippen LogP contribution in [0.25, 0.3) is 0 Å². The molecular weight excluding hydrogens is 376 g/mol. The van der Waals surface area contributed by atoms with Crippen LogP contribution in [0, 0.1) is 0 Å². The molecule has 30 heavy (non-hydrogen) atoms. The first-order valence-corrected chi connectivity index (χ1v) is 10.9. The summed E-state index contributed by atoms with van der Waals surface area (Å²) in [5.74, 6) is 0.313. The number of hydrogen-bond acceptors (Lipinski definition) is 3. The van der Waals surface area contributed by atoms with Gasteiger partial charge in [-0.2, -0.15) is 0 Å². The molecule has 5 heteroatoms. The van der Waals surface area contributed by atoms with Gasteiger partial charge in [-0.1, -0.05) is 50.5 Å². The Morgan fingerprint density at radius 2 is 1.73 bits per heavy atom. The summed E-state index contributed by atoms with van der Waals surface area (Å²) in [6.45, 7) is 3.80. The fourth-order valence-corrected chi connectivity index (χ4v) is 3.90. The molecule has 2 aromatic rings. The van der Waals surface area contributed by atoms with Crippen molar-refractivity contribution in [3.63, 3.8) is 0 Å². The van der Waals surface area contributed by atoms with E-state index in [0.717, 1.165) is 32.1 Å². The smallest absolute Gasteiger partial charge is 0.265 e. The van der Waals surface area contributed by atoms with Crippen LogP contribution in [0.5, 0.6) is 5.75 Å². The van der Waals surface area contributed by atoms with Crippen molar-refractivity contribution in [1.82, 2.24) is 4.90 Å². The minimum absolute atomic E-state index is 0.0541. The average Bonchev–Trinajstić information content (AvgIpc) is 2.79. The van der Waals surface area contributed by atoms with Crippen LogP contribution in [0.4, 0.5) is 5.69 Å². The third-order valence-corrected chi connectivity index (χ3v) is 5.87.